The maximum Gasteiger partial charge on any atom is 0.303 e. The molecule has 1 fully saturated rings. The third-order valence-electron chi connectivity index (χ3n) is 5.41. The second-order valence-corrected chi connectivity index (χ2v) is 7.88. The zero-order chi connectivity index (χ0) is 18.2. The van der Waals surface area contributed by atoms with Crippen LogP contribution >= 0.6 is 0 Å². The SMILES string of the molecule is CCCCCCCCCCCCCCCCC1OC1CCCC(=O)O. The molecule has 0 amide bonds. The third-order valence-corrected chi connectivity index (χ3v) is 5.41. The average molecular weight is 355 g/mol. The van der Waals surface area contributed by atoms with Crippen LogP contribution in [0.2, 0.25) is 0 Å². The zero-order valence-electron chi connectivity index (χ0n) is 16.6. The number of ether oxygens (including phenoxy) is 1. The van der Waals surface area contributed by atoms with Crippen molar-refractivity contribution in [2.75, 3.05) is 0 Å². The second kappa shape index (κ2) is 15.7. The van der Waals surface area contributed by atoms with Gasteiger partial charge in [0, 0.05) is 6.42 Å². The molecule has 0 spiro atoms. The molecule has 2 atom stereocenters. The highest BCUT2D eigenvalue weighted by Crippen LogP contribution is 2.31. The number of carbonyl (C=O) groups is 1. The van der Waals surface area contributed by atoms with Crippen molar-refractivity contribution in [3.05, 3.63) is 0 Å². The molecule has 0 aromatic rings. The van der Waals surface area contributed by atoms with Crippen LogP contribution < -0.4 is 0 Å². The molecule has 3 heteroatoms. The quantitative estimate of drug-likeness (QED) is 0.203. The first-order valence-corrected chi connectivity index (χ1v) is 11.1. The molecule has 148 valence electrons. The van der Waals surface area contributed by atoms with Gasteiger partial charge < -0.3 is 9.84 Å². The highest BCUT2D eigenvalue weighted by atomic mass is 16.6. The van der Waals surface area contributed by atoms with E-state index in [0.29, 0.717) is 12.2 Å². The first kappa shape index (κ1) is 22.5. The number of aliphatic carboxylic acids is 1. The fourth-order valence-electron chi connectivity index (χ4n) is 3.68. The van der Waals surface area contributed by atoms with E-state index in [0.717, 1.165) is 12.8 Å². The van der Waals surface area contributed by atoms with Gasteiger partial charge in [-0.2, -0.15) is 0 Å². The summed E-state index contributed by atoms with van der Waals surface area (Å²) in [6, 6.07) is 0. The van der Waals surface area contributed by atoms with Crippen molar-refractivity contribution in [2.24, 2.45) is 0 Å². The highest BCUT2D eigenvalue weighted by molar-refractivity contribution is 5.66. The highest BCUT2D eigenvalue weighted by Gasteiger charge is 2.36. The predicted octanol–water partition coefficient (Wildman–Crippen LogP) is 6.88. The smallest absolute Gasteiger partial charge is 0.303 e. The van der Waals surface area contributed by atoms with Crippen molar-refractivity contribution in [3.8, 4) is 0 Å². The van der Waals surface area contributed by atoms with Crippen LogP contribution in [0.25, 0.3) is 0 Å². The fraction of sp³-hybridized carbons (Fsp3) is 0.955. The van der Waals surface area contributed by atoms with Gasteiger partial charge in [-0.15, -0.1) is 0 Å². The lowest BCUT2D eigenvalue weighted by Crippen LogP contribution is -1.98. The topological polar surface area (TPSA) is 49.8 Å². The molecule has 0 bridgehead atoms. The van der Waals surface area contributed by atoms with Gasteiger partial charge in [0.1, 0.15) is 0 Å². The lowest BCUT2D eigenvalue weighted by molar-refractivity contribution is -0.137. The van der Waals surface area contributed by atoms with E-state index >= 15 is 0 Å². The van der Waals surface area contributed by atoms with Crippen molar-refractivity contribution in [3.63, 3.8) is 0 Å². The Morgan fingerprint density at radius 3 is 1.52 bits per heavy atom. The van der Waals surface area contributed by atoms with Crippen LogP contribution in [0.15, 0.2) is 0 Å². The van der Waals surface area contributed by atoms with Gasteiger partial charge in [-0.1, -0.05) is 96.8 Å². The van der Waals surface area contributed by atoms with Gasteiger partial charge >= 0.3 is 5.97 Å². The normalized spacial score (nSPS) is 19.2. The van der Waals surface area contributed by atoms with E-state index in [-0.39, 0.29) is 6.42 Å². The number of carboxylic acid groups (broad SMARTS) is 1. The van der Waals surface area contributed by atoms with Gasteiger partial charge in [0.05, 0.1) is 12.2 Å². The summed E-state index contributed by atoms with van der Waals surface area (Å²) < 4.78 is 5.62. The first-order chi connectivity index (χ1) is 12.2. The van der Waals surface area contributed by atoms with Gasteiger partial charge in [-0.3, -0.25) is 4.79 Å². The van der Waals surface area contributed by atoms with Crippen LogP contribution in [0.4, 0.5) is 0 Å². The summed E-state index contributed by atoms with van der Waals surface area (Å²) in [5.41, 5.74) is 0. The molecule has 1 rings (SSSR count). The Bertz CT molecular complexity index is 316. The number of epoxide rings is 1. The van der Waals surface area contributed by atoms with E-state index < -0.39 is 5.97 Å². The van der Waals surface area contributed by atoms with Crippen LogP contribution in [0.5, 0.6) is 0 Å². The van der Waals surface area contributed by atoms with Gasteiger partial charge in [0.2, 0.25) is 0 Å². The molecule has 0 radical (unpaired) electrons. The number of unbranched alkanes of at least 4 members (excludes halogenated alkanes) is 13. The molecular formula is C22H42O3. The minimum absolute atomic E-state index is 0.283. The number of rotatable bonds is 19. The van der Waals surface area contributed by atoms with E-state index in [4.69, 9.17) is 9.84 Å². The zero-order valence-corrected chi connectivity index (χ0v) is 16.6. The number of hydrogen-bond donors (Lipinski definition) is 1. The van der Waals surface area contributed by atoms with E-state index in [9.17, 15) is 4.79 Å². The Labute approximate surface area is 155 Å². The average Bonchev–Trinajstić information content (AvgIpc) is 3.33. The van der Waals surface area contributed by atoms with Gasteiger partial charge in [0.15, 0.2) is 0 Å². The van der Waals surface area contributed by atoms with Gasteiger partial charge in [-0.05, 0) is 19.3 Å². The Morgan fingerprint density at radius 2 is 1.08 bits per heavy atom. The minimum atomic E-state index is -0.691. The van der Waals surface area contributed by atoms with Crippen molar-refractivity contribution in [1.82, 2.24) is 0 Å². The number of carboxylic acids is 1. The summed E-state index contributed by atoms with van der Waals surface area (Å²) in [6.45, 7) is 2.28. The van der Waals surface area contributed by atoms with Crippen molar-refractivity contribution < 1.29 is 14.6 Å². The summed E-state index contributed by atoms with van der Waals surface area (Å²) >= 11 is 0. The van der Waals surface area contributed by atoms with Crippen molar-refractivity contribution >= 4 is 5.97 Å². The number of hydrogen-bond acceptors (Lipinski definition) is 2. The van der Waals surface area contributed by atoms with E-state index in [1.54, 1.807) is 0 Å². The summed E-state index contributed by atoms with van der Waals surface area (Å²) in [6.07, 6.45) is 23.5. The minimum Gasteiger partial charge on any atom is -0.481 e. The summed E-state index contributed by atoms with van der Waals surface area (Å²) in [4.78, 5) is 10.5. The molecule has 1 heterocycles. The van der Waals surface area contributed by atoms with E-state index in [2.05, 4.69) is 6.92 Å². The fourth-order valence-corrected chi connectivity index (χ4v) is 3.68. The molecule has 0 aromatic heterocycles. The maximum absolute atomic E-state index is 10.5. The van der Waals surface area contributed by atoms with Crippen LogP contribution in [-0.2, 0) is 9.53 Å². The standard InChI is InChI=1S/C22H42O3/c1-2-3-4-5-6-7-8-9-10-11-12-13-14-15-17-20-21(25-20)18-16-19-22(23)24/h20-21H,2-19H2,1H3,(H,23,24). The summed E-state index contributed by atoms with van der Waals surface area (Å²) in [5, 5.41) is 8.62. The van der Waals surface area contributed by atoms with E-state index in [1.807, 2.05) is 0 Å². The predicted molar refractivity (Wildman–Crippen MR) is 105 cm³/mol. The van der Waals surface area contributed by atoms with Crippen LogP contribution in [0.1, 0.15) is 122 Å². The van der Waals surface area contributed by atoms with Crippen LogP contribution in [0, 0.1) is 0 Å². The molecule has 2 unspecified atom stereocenters. The molecule has 1 N–H and O–H groups in total. The molecule has 1 aliphatic heterocycles. The molecule has 1 aliphatic rings. The lowest BCUT2D eigenvalue weighted by Gasteiger charge is -2.03. The molecule has 25 heavy (non-hydrogen) atoms. The maximum atomic E-state index is 10.5. The monoisotopic (exact) mass is 354 g/mol. The Balaban J connectivity index is 1.70. The lowest BCUT2D eigenvalue weighted by atomic mass is 10.0. The second-order valence-electron chi connectivity index (χ2n) is 7.88. The summed E-state index contributed by atoms with van der Waals surface area (Å²) in [7, 11) is 0. The summed E-state index contributed by atoms with van der Waals surface area (Å²) in [5.74, 6) is -0.691. The molecule has 0 aromatic carbocycles. The van der Waals surface area contributed by atoms with E-state index in [1.165, 1.54) is 96.3 Å². The van der Waals surface area contributed by atoms with Crippen LogP contribution in [-0.4, -0.2) is 23.3 Å². The largest absolute Gasteiger partial charge is 0.481 e. The Kier molecular flexibility index (Phi) is 14.1. The molecular weight excluding hydrogens is 312 g/mol. The molecule has 0 aliphatic carbocycles. The first-order valence-electron chi connectivity index (χ1n) is 11.1. The Morgan fingerprint density at radius 1 is 0.680 bits per heavy atom. The van der Waals surface area contributed by atoms with Gasteiger partial charge in [-0.25, -0.2) is 0 Å². The van der Waals surface area contributed by atoms with Gasteiger partial charge in [0.25, 0.3) is 0 Å². The van der Waals surface area contributed by atoms with Crippen molar-refractivity contribution in [2.45, 2.75) is 135 Å². The molecule has 3 nitrogen and oxygen atoms in total. The third kappa shape index (κ3) is 14.3. The molecule has 0 saturated carbocycles. The van der Waals surface area contributed by atoms with Crippen LogP contribution in [0.3, 0.4) is 0 Å². The molecule has 1 saturated heterocycles. The Hall–Kier alpha value is -0.570. The van der Waals surface area contributed by atoms with Crippen molar-refractivity contribution in [1.29, 1.82) is 0 Å².